The van der Waals surface area contributed by atoms with Gasteiger partial charge in [-0.05, 0) is 18.8 Å². The Balaban J connectivity index is 1.83. The van der Waals surface area contributed by atoms with Crippen LogP contribution in [0.3, 0.4) is 0 Å². The van der Waals surface area contributed by atoms with Crippen molar-refractivity contribution in [3.63, 3.8) is 0 Å². The maximum atomic E-state index is 5.45. The maximum Gasteiger partial charge on any atom is 0.203 e. The van der Waals surface area contributed by atoms with E-state index in [0.29, 0.717) is 5.92 Å². The van der Waals surface area contributed by atoms with Crippen molar-refractivity contribution in [3.05, 3.63) is 25.0 Å². The number of hydrogen-bond donors (Lipinski definition) is 1. The smallest absolute Gasteiger partial charge is 0.203 e. The molecule has 0 radical (unpaired) electrons. The molecule has 1 atom stereocenters. The number of ether oxygens (including phenoxy) is 1. The summed E-state index contributed by atoms with van der Waals surface area (Å²) in [5.41, 5.74) is 0. The largest absolute Gasteiger partial charge is 0.381 e. The van der Waals surface area contributed by atoms with Crippen LogP contribution in [0.15, 0.2) is 25.0 Å². The van der Waals surface area contributed by atoms with E-state index >= 15 is 0 Å². The van der Waals surface area contributed by atoms with Gasteiger partial charge < -0.3 is 14.6 Å². The molecule has 0 aromatic carbocycles. The summed E-state index contributed by atoms with van der Waals surface area (Å²) in [7, 11) is 0. The van der Waals surface area contributed by atoms with Crippen molar-refractivity contribution in [3.8, 4) is 0 Å². The summed E-state index contributed by atoms with van der Waals surface area (Å²) >= 11 is 0. The molecule has 16 heavy (non-hydrogen) atoms. The normalized spacial score (nSPS) is 20.6. The van der Waals surface area contributed by atoms with Gasteiger partial charge in [0.1, 0.15) is 0 Å². The molecule has 0 aliphatic carbocycles. The summed E-state index contributed by atoms with van der Waals surface area (Å²) in [6.07, 6.45) is 8.06. The highest BCUT2D eigenvalue weighted by molar-refractivity contribution is 5.26. The van der Waals surface area contributed by atoms with E-state index in [0.717, 1.165) is 32.3 Å². The summed E-state index contributed by atoms with van der Waals surface area (Å²) in [5, 5.41) is 3.37. The van der Waals surface area contributed by atoms with Gasteiger partial charge in [0.15, 0.2) is 0 Å². The molecular weight excluding hydrogens is 202 g/mol. The highest BCUT2D eigenvalue weighted by Gasteiger charge is 2.14. The first-order valence-electron chi connectivity index (χ1n) is 5.84. The van der Waals surface area contributed by atoms with Gasteiger partial charge in [-0.2, -0.15) is 0 Å². The van der Waals surface area contributed by atoms with Crippen LogP contribution >= 0.6 is 0 Å². The second-order valence-corrected chi connectivity index (χ2v) is 4.16. The average molecular weight is 221 g/mol. The Kier molecular flexibility index (Phi) is 3.99. The molecule has 1 N–H and O–H groups in total. The standard InChI is InChI=1S/C12H19N3O/c1-2-6-15-7-5-13-12(15)14-9-11-4-3-8-16-10-11/h2,5,7,11H,1,3-4,6,8-10H2,(H,13,14). The highest BCUT2D eigenvalue weighted by atomic mass is 16.5. The third-order valence-electron chi connectivity index (χ3n) is 2.84. The van der Waals surface area contributed by atoms with Gasteiger partial charge in [0, 0.05) is 32.1 Å². The molecular formula is C12H19N3O. The summed E-state index contributed by atoms with van der Waals surface area (Å²) in [5.74, 6) is 1.54. The van der Waals surface area contributed by atoms with Crippen LogP contribution in [0.4, 0.5) is 5.95 Å². The first kappa shape index (κ1) is 11.2. The van der Waals surface area contributed by atoms with Crippen LogP contribution < -0.4 is 5.32 Å². The Morgan fingerprint density at radius 2 is 2.62 bits per heavy atom. The molecule has 0 bridgehead atoms. The quantitative estimate of drug-likeness (QED) is 0.772. The summed E-state index contributed by atoms with van der Waals surface area (Å²) in [6.45, 7) is 7.25. The average Bonchev–Trinajstić information content (AvgIpc) is 2.76. The fourth-order valence-electron chi connectivity index (χ4n) is 1.97. The molecule has 1 aromatic heterocycles. The van der Waals surface area contributed by atoms with E-state index in [1.165, 1.54) is 12.8 Å². The minimum atomic E-state index is 0.614. The Hall–Kier alpha value is -1.29. The van der Waals surface area contributed by atoms with Gasteiger partial charge in [-0.15, -0.1) is 6.58 Å². The zero-order chi connectivity index (χ0) is 11.2. The molecule has 1 aliphatic rings. The van der Waals surface area contributed by atoms with Crippen molar-refractivity contribution in [2.45, 2.75) is 19.4 Å². The molecule has 0 spiro atoms. The molecule has 1 unspecified atom stereocenters. The lowest BCUT2D eigenvalue weighted by Crippen LogP contribution is -2.25. The van der Waals surface area contributed by atoms with E-state index < -0.39 is 0 Å². The van der Waals surface area contributed by atoms with Crippen molar-refractivity contribution >= 4 is 5.95 Å². The molecule has 88 valence electrons. The van der Waals surface area contributed by atoms with Crippen LogP contribution in [0.1, 0.15) is 12.8 Å². The lowest BCUT2D eigenvalue weighted by molar-refractivity contribution is 0.0594. The molecule has 4 nitrogen and oxygen atoms in total. The molecule has 1 fully saturated rings. The van der Waals surface area contributed by atoms with Gasteiger partial charge in [-0.25, -0.2) is 4.98 Å². The number of imidazole rings is 1. The highest BCUT2D eigenvalue weighted by Crippen LogP contribution is 2.14. The van der Waals surface area contributed by atoms with E-state index in [1.807, 2.05) is 18.5 Å². The lowest BCUT2D eigenvalue weighted by atomic mass is 10.0. The van der Waals surface area contributed by atoms with Crippen molar-refractivity contribution in [2.24, 2.45) is 5.92 Å². The van der Waals surface area contributed by atoms with Crippen molar-refractivity contribution in [2.75, 3.05) is 25.1 Å². The third-order valence-corrected chi connectivity index (χ3v) is 2.84. The maximum absolute atomic E-state index is 5.45. The molecule has 1 aliphatic heterocycles. The van der Waals surface area contributed by atoms with Crippen LogP contribution in [0, 0.1) is 5.92 Å². The SMILES string of the molecule is C=CCn1ccnc1NCC1CCCOC1. The zero-order valence-electron chi connectivity index (χ0n) is 9.56. The number of anilines is 1. The van der Waals surface area contributed by atoms with Gasteiger partial charge in [0.05, 0.1) is 6.61 Å². The first-order valence-corrected chi connectivity index (χ1v) is 5.84. The fraction of sp³-hybridized carbons (Fsp3) is 0.583. The second kappa shape index (κ2) is 5.70. The zero-order valence-corrected chi connectivity index (χ0v) is 9.56. The van der Waals surface area contributed by atoms with Gasteiger partial charge >= 0.3 is 0 Å². The Morgan fingerprint density at radius 1 is 1.69 bits per heavy atom. The van der Waals surface area contributed by atoms with Crippen molar-refractivity contribution < 1.29 is 4.74 Å². The minimum absolute atomic E-state index is 0.614. The topological polar surface area (TPSA) is 39.1 Å². The number of rotatable bonds is 5. The van der Waals surface area contributed by atoms with Gasteiger partial charge in [-0.3, -0.25) is 0 Å². The first-order chi connectivity index (χ1) is 7.90. The molecule has 2 rings (SSSR count). The number of hydrogen-bond acceptors (Lipinski definition) is 3. The molecule has 0 saturated carbocycles. The third kappa shape index (κ3) is 2.85. The van der Waals surface area contributed by atoms with Crippen LogP contribution in [0.2, 0.25) is 0 Å². The lowest BCUT2D eigenvalue weighted by Gasteiger charge is -2.22. The predicted molar refractivity (Wildman–Crippen MR) is 64.5 cm³/mol. The second-order valence-electron chi connectivity index (χ2n) is 4.16. The van der Waals surface area contributed by atoms with Crippen LogP contribution in [0.25, 0.3) is 0 Å². The van der Waals surface area contributed by atoms with Crippen LogP contribution in [-0.4, -0.2) is 29.3 Å². The molecule has 2 heterocycles. The van der Waals surface area contributed by atoms with Crippen molar-refractivity contribution in [1.29, 1.82) is 0 Å². The number of nitrogens with zero attached hydrogens (tertiary/aromatic N) is 2. The van der Waals surface area contributed by atoms with Gasteiger partial charge in [0.25, 0.3) is 0 Å². The molecule has 1 saturated heterocycles. The summed E-state index contributed by atoms with van der Waals surface area (Å²) in [4.78, 5) is 4.28. The number of aromatic nitrogens is 2. The van der Waals surface area contributed by atoms with E-state index in [4.69, 9.17) is 4.74 Å². The van der Waals surface area contributed by atoms with Crippen LogP contribution in [0.5, 0.6) is 0 Å². The van der Waals surface area contributed by atoms with E-state index in [-0.39, 0.29) is 0 Å². The predicted octanol–water partition coefficient (Wildman–Crippen LogP) is 1.91. The van der Waals surface area contributed by atoms with Gasteiger partial charge in [-0.1, -0.05) is 6.08 Å². The van der Waals surface area contributed by atoms with E-state index in [9.17, 15) is 0 Å². The van der Waals surface area contributed by atoms with E-state index in [2.05, 4.69) is 21.4 Å². The number of nitrogens with one attached hydrogen (secondary N) is 1. The monoisotopic (exact) mass is 221 g/mol. The van der Waals surface area contributed by atoms with Gasteiger partial charge in [0.2, 0.25) is 5.95 Å². The molecule has 4 heteroatoms. The summed E-state index contributed by atoms with van der Waals surface area (Å²) in [6, 6.07) is 0. The Bertz CT molecular complexity index is 329. The fourth-order valence-corrected chi connectivity index (χ4v) is 1.97. The Labute approximate surface area is 96.3 Å². The van der Waals surface area contributed by atoms with E-state index in [1.54, 1.807) is 0 Å². The minimum Gasteiger partial charge on any atom is -0.381 e. The van der Waals surface area contributed by atoms with Crippen molar-refractivity contribution in [1.82, 2.24) is 9.55 Å². The molecule has 0 amide bonds. The number of allylic oxidation sites excluding steroid dienone is 1. The van der Waals surface area contributed by atoms with Crippen LogP contribution in [-0.2, 0) is 11.3 Å². The molecule has 1 aromatic rings. The Morgan fingerprint density at radius 3 is 3.38 bits per heavy atom. The summed E-state index contributed by atoms with van der Waals surface area (Å²) < 4.78 is 7.50.